The zero-order valence-corrected chi connectivity index (χ0v) is 23.8. The Hall–Kier alpha value is -2.97. The van der Waals surface area contributed by atoms with Gasteiger partial charge in [-0.3, -0.25) is 4.79 Å². The number of nitrogens with zero attached hydrogens (tertiary/aromatic N) is 3. The van der Waals surface area contributed by atoms with E-state index in [2.05, 4.69) is 62.9 Å². The van der Waals surface area contributed by atoms with E-state index < -0.39 is 0 Å². The predicted octanol–water partition coefficient (Wildman–Crippen LogP) is 7.21. The van der Waals surface area contributed by atoms with E-state index in [1.54, 1.807) is 19.4 Å². The molecule has 0 fully saturated rings. The third-order valence-electron chi connectivity index (χ3n) is 5.96. The van der Waals surface area contributed by atoms with Crippen molar-refractivity contribution in [2.75, 3.05) is 7.11 Å². The van der Waals surface area contributed by atoms with Crippen molar-refractivity contribution in [3.8, 4) is 11.5 Å². The van der Waals surface area contributed by atoms with Crippen LogP contribution in [0.2, 0.25) is 0 Å². The Bertz CT molecular complexity index is 1480. The molecular formula is C28H27Br2N3O3. The smallest absolute Gasteiger partial charge is 0.282 e. The molecule has 1 atom stereocenters. The summed E-state index contributed by atoms with van der Waals surface area (Å²) < 4.78 is 14.6. The molecule has 0 radical (unpaired) electrons. The van der Waals surface area contributed by atoms with Crippen molar-refractivity contribution in [3.05, 3.63) is 96.4 Å². The van der Waals surface area contributed by atoms with Crippen LogP contribution < -0.4 is 15.0 Å². The zero-order chi connectivity index (χ0) is 25.8. The van der Waals surface area contributed by atoms with Gasteiger partial charge >= 0.3 is 0 Å². The topological polar surface area (TPSA) is 65.7 Å². The van der Waals surface area contributed by atoms with Gasteiger partial charge in [-0.15, -0.1) is 0 Å². The predicted molar refractivity (Wildman–Crippen MR) is 152 cm³/mol. The average Bonchev–Trinajstić information content (AvgIpc) is 2.87. The van der Waals surface area contributed by atoms with Crippen molar-refractivity contribution in [3.63, 3.8) is 0 Å². The zero-order valence-electron chi connectivity index (χ0n) is 20.6. The van der Waals surface area contributed by atoms with Gasteiger partial charge in [-0.2, -0.15) is 9.78 Å². The average molecular weight is 613 g/mol. The van der Waals surface area contributed by atoms with Crippen LogP contribution in [0, 0.1) is 6.92 Å². The summed E-state index contributed by atoms with van der Waals surface area (Å²) in [6.07, 6.45) is 2.46. The standard InChI is InChI=1S/C28H27Br2N3O3/c1-5-18(3)27-32-24-11-10-21(29)14-22(24)28(34)33(27)31-15-20-12-23(30)26(25(13-20)35-4)36-16-19-8-6-17(2)7-9-19/h6-15,18H,5,16H2,1-4H3/t18-/m0/s1. The third kappa shape index (κ3) is 5.71. The van der Waals surface area contributed by atoms with Crippen LogP contribution in [0.5, 0.6) is 11.5 Å². The van der Waals surface area contributed by atoms with E-state index in [1.807, 2.05) is 43.3 Å². The Kier molecular flexibility index (Phi) is 8.26. The van der Waals surface area contributed by atoms with Gasteiger partial charge < -0.3 is 9.47 Å². The molecule has 3 aromatic carbocycles. The van der Waals surface area contributed by atoms with Crippen LogP contribution >= 0.6 is 31.9 Å². The molecule has 0 aliphatic heterocycles. The minimum absolute atomic E-state index is 0.0571. The molecule has 1 heterocycles. The van der Waals surface area contributed by atoms with Crippen LogP contribution in [0.3, 0.4) is 0 Å². The molecule has 0 bridgehead atoms. The highest BCUT2D eigenvalue weighted by molar-refractivity contribution is 9.10. The summed E-state index contributed by atoms with van der Waals surface area (Å²) in [6.45, 7) is 6.57. The highest BCUT2D eigenvalue weighted by atomic mass is 79.9. The molecule has 8 heteroatoms. The van der Waals surface area contributed by atoms with Gasteiger partial charge in [0.05, 0.1) is 28.7 Å². The fourth-order valence-electron chi connectivity index (χ4n) is 3.70. The summed E-state index contributed by atoms with van der Waals surface area (Å²) in [7, 11) is 1.60. The summed E-state index contributed by atoms with van der Waals surface area (Å²) in [5, 5.41) is 5.06. The normalized spacial score (nSPS) is 12.3. The molecular weight excluding hydrogens is 586 g/mol. The Balaban J connectivity index is 1.69. The van der Waals surface area contributed by atoms with Crippen molar-refractivity contribution in [1.29, 1.82) is 0 Å². The molecule has 0 aliphatic carbocycles. The van der Waals surface area contributed by atoms with E-state index >= 15 is 0 Å². The van der Waals surface area contributed by atoms with E-state index in [1.165, 1.54) is 10.2 Å². The lowest BCUT2D eigenvalue weighted by atomic mass is 10.1. The second-order valence-electron chi connectivity index (χ2n) is 8.61. The van der Waals surface area contributed by atoms with E-state index in [4.69, 9.17) is 14.5 Å². The first-order chi connectivity index (χ1) is 17.3. The number of aryl methyl sites for hydroxylation is 1. The van der Waals surface area contributed by atoms with Crippen LogP contribution in [0.1, 0.15) is 48.7 Å². The Labute approximate surface area is 227 Å². The van der Waals surface area contributed by atoms with Crippen molar-refractivity contribution in [1.82, 2.24) is 9.66 Å². The van der Waals surface area contributed by atoms with Gasteiger partial charge in [0, 0.05) is 10.4 Å². The number of hydrogen-bond donors (Lipinski definition) is 0. The van der Waals surface area contributed by atoms with Gasteiger partial charge in [-0.25, -0.2) is 4.98 Å². The van der Waals surface area contributed by atoms with Gasteiger partial charge in [0.1, 0.15) is 12.4 Å². The molecule has 186 valence electrons. The summed E-state index contributed by atoms with van der Waals surface area (Å²) in [4.78, 5) is 18.1. The highest BCUT2D eigenvalue weighted by Crippen LogP contribution is 2.37. The number of halogens is 2. The van der Waals surface area contributed by atoms with Crippen molar-refractivity contribution < 1.29 is 9.47 Å². The number of aromatic nitrogens is 2. The fourth-order valence-corrected chi connectivity index (χ4v) is 4.63. The maximum absolute atomic E-state index is 13.4. The van der Waals surface area contributed by atoms with Crippen LogP contribution in [0.25, 0.3) is 10.9 Å². The van der Waals surface area contributed by atoms with Gasteiger partial charge in [0.15, 0.2) is 11.5 Å². The highest BCUT2D eigenvalue weighted by Gasteiger charge is 2.16. The number of methoxy groups -OCH3 is 1. The van der Waals surface area contributed by atoms with E-state index in [0.29, 0.717) is 34.8 Å². The second kappa shape index (κ2) is 11.4. The molecule has 4 rings (SSSR count). The lowest BCUT2D eigenvalue weighted by molar-refractivity contribution is 0.282. The largest absolute Gasteiger partial charge is 0.493 e. The number of hydrogen-bond acceptors (Lipinski definition) is 5. The van der Waals surface area contributed by atoms with E-state index in [9.17, 15) is 4.79 Å². The second-order valence-corrected chi connectivity index (χ2v) is 10.4. The van der Waals surface area contributed by atoms with Gasteiger partial charge in [0.2, 0.25) is 0 Å². The molecule has 0 spiro atoms. The molecule has 1 aromatic heterocycles. The quantitative estimate of drug-likeness (QED) is 0.197. The molecule has 36 heavy (non-hydrogen) atoms. The molecule has 0 N–H and O–H groups in total. The number of benzene rings is 3. The van der Waals surface area contributed by atoms with Crippen LogP contribution in [0.15, 0.2) is 73.4 Å². The number of ether oxygens (including phenoxy) is 2. The van der Waals surface area contributed by atoms with Crippen molar-refractivity contribution in [2.24, 2.45) is 5.10 Å². The molecule has 0 saturated heterocycles. The Morgan fingerprint density at radius 3 is 2.56 bits per heavy atom. The number of rotatable bonds is 8. The van der Waals surface area contributed by atoms with Gasteiger partial charge in [-0.1, -0.05) is 59.6 Å². The first kappa shape index (κ1) is 26.1. The fraction of sp³-hybridized carbons (Fsp3) is 0.250. The van der Waals surface area contributed by atoms with Gasteiger partial charge in [0.25, 0.3) is 5.56 Å². The third-order valence-corrected chi connectivity index (χ3v) is 7.05. The first-order valence-electron chi connectivity index (χ1n) is 11.6. The molecule has 4 aromatic rings. The van der Waals surface area contributed by atoms with Gasteiger partial charge in [-0.05, 0) is 70.7 Å². The van der Waals surface area contributed by atoms with E-state index in [0.717, 1.165) is 26.5 Å². The molecule has 0 saturated carbocycles. The Morgan fingerprint density at radius 1 is 1.11 bits per heavy atom. The maximum Gasteiger partial charge on any atom is 0.282 e. The lowest BCUT2D eigenvalue weighted by Gasteiger charge is -2.15. The van der Waals surface area contributed by atoms with Crippen molar-refractivity contribution in [2.45, 2.75) is 39.7 Å². The summed E-state index contributed by atoms with van der Waals surface area (Å²) >= 11 is 7.05. The first-order valence-corrected chi connectivity index (χ1v) is 13.2. The Morgan fingerprint density at radius 2 is 1.86 bits per heavy atom. The molecule has 0 amide bonds. The van der Waals surface area contributed by atoms with E-state index in [-0.39, 0.29) is 11.5 Å². The maximum atomic E-state index is 13.4. The summed E-state index contributed by atoms with van der Waals surface area (Å²) in [6, 6.07) is 17.4. The minimum atomic E-state index is -0.211. The van der Waals surface area contributed by atoms with Crippen LogP contribution in [-0.2, 0) is 6.61 Å². The summed E-state index contributed by atoms with van der Waals surface area (Å²) in [5.41, 5.74) is 3.46. The van der Waals surface area contributed by atoms with Crippen LogP contribution in [-0.4, -0.2) is 23.0 Å². The lowest BCUT2D eigenvalue weighted by Crippen LogP contribution is -2.23. The van der Waals surface area contributed by atoms with Crippen LogP contribution in [0.4, 0.5) is 0 Å². The summed E-state index contributed by atoms with van der Waals surface area (Å²) in [5.74, 6) is 1.84. The molecule has 6 nitrogen and oxygen atoms in total. The van der Waals surface area contributed by atoms with Crippen molar-refractivity contribution >= 4 is 49.0 Å². The minimum Gasteiger partial charge on any atom is -0.493 e. The number of fused-ring (bicyclic) bond motifs is 1. The molecule has 0 aliphatic rings. The SMILES string of the molecule is CC[C@H](C)c1nc2ccc(Br)cc2c(=O)n1N=Cc1cc(Br)c(OCc2ccc(C)cc2)c(OC)c1. The monoisotopic (exact) mass is 611 g/mol. The molecule has 0 unspecified atom stereocenters.